The molecule has 2 aromatic carbocycles. The molecule has 0 aliphatic carbocycles. The van der Waals surface area contributed by atoms with Crippen LogP contribution in [0.2, 0.25) is 10.0 Å². The zero-order valence-corrected chi connectivity index (χ0v) is 11.4. The number of hydrogen-bond donors (Lipinski definition) is 2. The normalized spacial score (nSPS) is 9.70. The van der Waals surface area contributed by atoms with Gasteiger partial charge in [-0.15, -0.1) is 0 Å². The second kappa shape index (κ2) is 8.52. The molecule has 100 valence electrons. The predicted molar refractivity (Wildman–Crippen MR) is 84.7 cm³/mol. The van der Waals surface area contributed by atoms with Crippen molar-refractivity contribution in [3.05, 3.63) is 58.1 Å². The summed E-state index contributed by atoms with van der Waals surface area (Å²) in [4.78, 5) is 10.8. The molecular formula is C14H12Cl2NO2Rb. The maximum atomic E-state index is 10.8. The van der Waals surface area contributed by atoms with Crippen LogP contribution >= 0.6 is 23.2 Å². The number of benzene rings is 2. The molecule has 0 bridgehead atoms. The maximum absolute atomic E-state index is 10.8. The van der Waals surface area contributed by atoms with Crippen molar-refractivity contribution < 1.29 is 9.90 Å². The first-order chi connectivity index (χ1) is 9.08. The molecule has 3 nitrogen and oxygen atoms in total. The molecule has 0 radical (unpaired) electrons. The number of carboxylic acids is 1. The van der Waals surface area contributed by atoms with Crippen molar-refractivity contribution in [2.24, 2.45) is 0 Å². The number of nitrogens with one attached hydrogen (secondary N) is 1. The molecule has 0 aromatic heterocycles. The Labute approximate surface area is 176 Å². The molecule has 0 saturated heterocycles. The van der Waals surface area contributed by atoms with Crippen molar-refractivity contribution in [3.63, 3.8) is 0 Å². The molecule has 0 fully saturated rings. The van der Waals surface area contributed by atoms with Crippen LogP contribution in [0, 0.1) is 0 Å². The molecule has 0 aliphatic rings. The van der Waals surface area contributed by atoms with Crippen molar-refractivity contribution in [2.45, 2.75) is 6.42 Å². The number of hydrogen-bond acceptors (Lipinski definition) is 2. The van der Waals surface area contributed by atoms with Crippen LogP contribution in [0.4, 0.5) is 11.4 Å². The first kappa shape index (κ1) is 18.1. The third-order valence-electron chi connectivity index (χ3n) is 2.58. The molecule has 6 heteroatoms. The summed E-state index contributed by atoms with van der Waals surface area (Å²) in [5.74, 6) is -0.889. The van der Waals surface area contributed by atoms with Gasteiger partial charge in [0.2, 0.25) is 0 Å². The van der Waals surface area contributed by atoms with E-state index in [0.717, 1.165) is 0 Å². The minimum atomic E-state index is -0.889. The average molecular weight is 383 g/mol. The van der Waals surface area contributed by atoms with E-state index in [2.05, 4.69) is 5.32 Å². The van der Waals surface area contributed by atoms with Crippen molar-refractivity contribution in [2.75, 3.05) is 5.32 Å². The van der Waals surface area contributed by atoms with Crippen LogP contribution in [0.15, 0.2) is 42.5 Å². The first-order valence-electron chi connectivity index (χ1n) is 5.58. The van der Waals surface area contributed by atoms with Gasteiger partial charge in [0.25, 0.3) is 0 Å². The van der Waals surface area contributed by atoms with E-state index in [1.54, 1.807) is 36.4 Å². The Bertz CT molecular complexity index is 600. The first-order valence-corrected chi connectivity index (χ1v) is 6.34. The molecule has 0 amide bonds. The number of carboxylic acid groups (broad SMARTS) is 1. The fourth-order valence-corrected chi connectivity index (χ4v) is 2.20. The van der Waals surface area contributed by atoms with Gasteiger partial charge in [0.1, 0.15) is 0 Å². The molecule has 20 heavy (non-hydrogen) atoms. The van der Waals surface area contributed by atoms with Crippen LogP contribution in [0.3, 0.4) is 0 Å². The van der Waals surface area contributed by atoms with Gasteiger partial charge >= 0.3 is 64.2 Å². The fraction of sp³-hybridized carbons (Fsp3) is 0.0714. The van der Waals surface area contributed by atoms with Crippen molar-refractivity contribution in [1.29, 1.82) is 0 Å². The molecular weight excluding hydrogens is 371 g/mol. The molecule has 2 rings (SSSR count). The molecule has 0 heterocycles. The molecule has 2 N–H and O–H groups in total. The van der Waals surface area contributed by atoms with Gasteiger partial charge in [-0.25, -0.2) is 0 Å². The standard InChI is InChI=1S/C14H11Cl2NO2.Rb.H/c15-10-5-3-6-11(16)14(10)17-12-7-2-1-4-9(12)8-13(18)19;;/h1-7,17H,8H2,(H,18,19);;. The van der Waals surface area contributed by atoms with Crippen molar-refractivity contribution in [3.8, 4) is 0 Å². The molecule has 0 atom stereocenters. The van der Waals surface area contributed by atoms with E-state index in [0.29, 0.717) is 27.0 Å². The summed E-state index contributed by atoms with van der Waals surface area (Å²) in [5, 5.41) is 12.9. The van der Waals surface area contributed by atoms with Crippen LogP contribution in [-0.2, 0) is 11.2 Å². The van der Waals surface area contributed by atoms with Gasteiger partial charge in [-0.05, 0) is 23.8 Å². The van der Waals surface area contributed by atoms with E-state index < -0.39 is 5.97 Å². The quantitative estimate of drug-likeness (QED) is 0.847. The Kier molecular flexibility index (Phi) is 7.73. The Morgan fingerprint density at radius 3 is 2.25 bits per heavy atom. The van der Waals surface area contributed by atoms with E-state index >= 15 is 0 Å². The summed E-state index contributed by atoms with van der Waals surface area (Å²) in [5.41, 5.74) is 1.93. The van der Waals surface area contributed by atoms with Crippen molar-refractivity contribution >= 4 is 98.7 Å². The Balaban J connectivity index is 0.00000200. The van der Waals surface area contributed by atoms with E-state index in [-0.39, 0.29) is 64.6 Å². The van der Waals surface area contributed by atoms with Crippen LogP contribution in [-0.4, -0.2) is 69.3 Å². The Morgan fingerprint density at radius 2 is 1.65 bits per heavy atom. The van der Waals surface area contributed by atoms with Gasteiger partial charge in [-0.3, -0.25) is 4.79 Å². The number of rotatable bonds is 4. The topological polar surface area (TPSA) is 49.3 Å². The SMILES string of the molecule is O=C(O)Cc1ccccc1Nc1c(Cl)cccc1Cl.[RbH]. The summed E-state index contributed by atoms with van der Waals surface area (Å²) in [6.07, 6.45) is -0.0642. The second-order valence-electron chi connectivity index (χ2n) is 3.95. The summed E-state index contributed by atoms with van der Waals surface area (Å²) in [6, 6.07) is 12.3. The van der Waals surface area contributed by atoms with E-state index in [1.807, 2.05) is 6.07 Å². The average Bonchev–Trinajstić information content (AvgIpc) is 2.35. The van der Waals surface area contributed by atoms with Crippen LogP contribution in [0.1, 0.15) is 5.56 Å². The second-order valence-corrected chi connectivity index (χ2v) is 4.76. The molecule has 0 aliphatic heterocycles. The fourth-order valence-electron chi connectivity index (χ4n) is 1.71. The third-order valence-corrected chi connectivity index (χ3v) is 3.21. The molecule has 2 aromatic rings. The Hall–Kier alpha value is 0.0952. The van der Waals surface area contributed by atoms with Gasteiger partial charge in [-0.2, -0.15) is 0 Å². The summed E-state index contributed by atoms with van der Waals surface area (Å²) in [6.45, 7) is 0. The minimum absolute atomic E-state index is 0. The van der Waals surface area contributed by atoms with E-state index in [4.69, 9.17) is 28.3 Å². The monoisotopic (exact) mass is 381 g/mol. The van der Waals surface area contributed by atoms with Crippen LogP contribution in [0.25, 0.3) is 0 Å². The third kappa shape index (κ3) is 4.83. The van der Waals surface area contributed by atoms with Gasteiger partial charge in [0.05, 0.1) is 22.2 Å². The Morgan fingerprint density at radius 1 is 1.05 bits per heavy atom. The zero-order chi connectivity index (χ0) is 13.8. The zero-order valence-electron chi connectivity index (χ0n) is 9.86. The summed E-state index contributed by atoms with van der Waals surface area (Å²) in [7, 11) is 0. The molecule has 0 spiro atoms. The van der Waals surface area contributed by atoms with Gasteiger partial charge < -0.3 is 10.4 Å². The van der Waals surface area contributed by atoms with Gasteiger partial charge in [0.15, 0.2) is 0 Å². The number of aliphatic carboxylic acids is 1. The number of anilines is 2. The molecule has 0 unspecified atom stereocenters. The number of halogens is 2. The van der Waals surface area contributed by atoms with Crippen LogP contribution < -0.4 is 5.32 Å². The van der Waals surface area contributed by atoms with Gasteiger partial charge in [-0.1, -0.05) is 47.5 Å². The summed E-state index contributed by atoms with van der Waals surface area (Å²) < 4.78 is 0. The number of carbonyl (C=O) groups is 1. The van der Waals surface area contributed by atoms with Gasteiger partial charge in [0, 0.05) is 5.69 Å². The van der Waals surface area contributed by atoms with Crippen molar-refractivity contribution in [1.82, 2.24) is 0 Å². The molecule has 0 saturated carbocycles. The number of para-hydroxylation sites is 2. The van der Waals surface area contributed by atoms with E-state index in [9.17, 15) is 4.79 Å². The predicted octanol–water partition coefficient (Wildman–Crippen LogP) is 3.72. The van der Waals surface area contributed by atoms with Crippen LogP contribution in [0.5, 0.6) is 0 Å². The van der Waals surface area contributed by atoms with E-state index in [1.165, 1.54) is 0 Å². The summed E-state index contributed by atoms with van der Waals surface area (Å²) >= 11 is 12.1.